The van der Waals surface area contributed by atoms with Crippen LogP contribution in [0.4, 0.5) is 4.39 Å². The summed E-state index contributed by atoms with van der Waals surface area (Å²) in [5, 5.41) is 0. The Balaban J connectivity index is 2.53. The molecule has 0 atom stereocenters. The van der Waals surface area contributed by atoms with E-state index in [1.54, 1.807) is 26.0 Å². The van der Waals surface area contributed by atoms with Gasteiger partial charge >= 0.3 is 0 Å². The lowest BCUT2D eigenvalue weighted by Crippen LogP contribution is -2.30. The number of halogens is 1. The molecule has 4 heteroatoms. The molecule has 3 nitrogen and oxygen atoms in total. The normalized spacial score (nSPS) is 15.2. The lowest BCUT2D eigenvalue weighted by molar-refractivity contribution is 0.163. The Kier molecular flexibility index (Phi) is 2.31. The summed E-state index contributed by atoms with van der Waals surface area (Å²) in [6.07, 6.45) is 0. The van der Waals surface area contributed by atoms with Crippen LogP contribution in [0.5, 0.6) is 11.5 Å². The lowest BCUT2D eigenvalue weighted by Gasteiger charge is -2.24. The summed E-state index contributed by atoms with van der Waals surface area (Å²) >= 11 is 0. The molecule has 1 aliphatic heterocycles. The molecule has 0 saturated heterocycles. The third-order valence-corrected chi connectivity index (χ3v) is 2.34. The maximum atomic E-state index is 14.0. The fourth-order valence-electron chi connectivity index (χ4n) is 1.58. The van der Waals surface area contributed by atoms with Crippen molar-refractivity contribution in [2.24, 2.45) is 5.73 Å². The second kappa shape index (κ2) is 3.38. The summed E-state index contributed by atoms with van der Waals surface area (Å²) in [7, 11) is 0. The predicted molar refractivity (Wildman–Crippen MR) is 54.6 cm³/mol. The first-order chi connectivity index (χ1) is 7.00. The molecule has 2 rings (SSSR count). The standard InChI is InChI=1S/C11H14FNO2/c1-11(2,13)7-3-4-8-10(9(7)12)15-6-5-14-8/h3-4H,5-6,13H2,1-2H3. The molecule has 0 saturated carbocycles. The van der Waals surface area contributed by atoms with E-state index in [-0.39, 0.29) is 5.75 Å². The van der Waals surface area contributed by atoms with Crippen LogP contribution in [-0.2, 0) is 5.54 Å². The number of hydrogen-bond acceptors (Lipinski definition) is 3. The highest BCUT2D eigenvalue weighted by Gasteiger charge is 2.25. The quantitative estimate of drug-likeness (QED) is 0.770. The van der Waals surface area contributed by atoms with Gasteiger partial charge in [-0.25, -0.2) is 4.39 Å². The number of hydrogen-bond donors (Lipinski definition) is 1. The molecule has 0 amide bonds. The van der Waals surface area contributed by atoms with Gasteiger partial charge in [0.25, 0.3) is 0 Å². The third kappa shape index (κ3) is 1.77. The van der Waals surface area contributed by atoms with E-state index in [9.17, 15) is 4.39 Å². The zero-order valence-corrected chi connectivity index (χ0v) is 8.84. The van der Waals surface area contributed by atoms with Crippen molar-refractivity contribution in [1.29, 1.82) is 0 Å². The predicted octanol–water partition coefficient (Wildman–Crippen LogP) is 1.79. The highest BCUT2D eigenvalue weighted by Crippen LogP contribution is 2.37. The van der Waals surface area contributed by atoms with Gasteiger partial charge in [0.15, 0.2) is 17.3 Å². The number of ether oxygens (including phenoxy) is 2. The van der Waals surface area contributed by atoms with Crippen LogP contribution in [-0.4, -0.2) is 13.2 Å². The number of fused-ring (bicyclic) bond motifs is 1. The SMILES string of the molecule is CC(C)(N)c1ccc2c(c1F)OCCO2. The van der Waals surface area contributed by atoms with E-state index in [1.807, 2.05) is 0 Å². The van der Waals surface area contributed by atoms with Crippen LogP contribution in [0, 0.1) is 5.82 Å². The first kappa shape index (κ1) is 10.2. The summed E-state index contributed by atoms with van der Waals surface area (Å²) in [6.45, 7) is 4.33. The largest absolute Gasteiger partial charge is 0.486 e. The van der Waals surface area contributed by atoms with E-state index >= 15 is 0 Å². The van der Waals surface area contributed by atoms with Gasteiger partial charge in [0.1, 0.15) is 13.2 Å². The molecule has 0 spiro atoms. The van der Waals surface area contributed by atoms with E-state index in [4.69, 9.17) is 15.2 Å². The molecule has 1 heterocycles. The summed E-state index contributed by atoms with van der Waals surface area (Å²) < 4.78 is 24.5. The van der Waals surface area contributed by atoms with Crippen LogP contribution in [0.15, 0.2) is 12.1 Å². The summed E-state index contributed by atoms with van der Waals surface area (Å²) in [5.41, 5.74) is 5.57. The molecule has 1 aromatic carbocycles. The summed E-state index contributed by atoms with van der Waals surface area (Å²) in [5.74, 6) is 0.212. The summed E-state index contributed by atoms with van der Waals surface area (Å²) in [4.78, 5) is 0. The molecule has 2 N–H and O–H groups in total. The molecular formula is C11H14FNO2. The van der Waals surface area contributed by atoms with Crippen molar-refractivity contribution >= 4 is 0 Å². The molecule has 15 heavy (non-hydrogen) atoms. The van der Waals surface area contributed by atoms with Gasteiger partial charge < -0.3 is 15.2 Å². The molecule has 0 aromatic heterocycles. The topological polar surface area (TPSA) is 44.5 Å². The first-order valence-electron chi connectivity index (χ1n) is 4.87. The van der Waals surface area contributed by atoms with Crippen molar-refractivity contribution in [3.63, 3.8) is 0 Å². The van der Waals surface area contributed by atoms with Gasteiger partial charge in [0.05, 0.1) is 0 Å². The van der Waals surface area contributed by atoms with Crippen molar-refractivity contribution in [1.82, 2.24) is 0 Å². The van der Waals surface area contributed by atoms with Crippen LogP contribution in [0.25, 0.3) is 0 Å². The average Bonchev–Trinajstić information content (AvgIpc) is 2.16. The Hall–Kier alpha value is -1.29. The molecule has 0 fully saturated rings. The van der Waals surface area contributed by atoms with Gasteiger partial charge in [-0.05, 0) is 19.9 Å². The van der Waals surface area contributed by atoms with E-state index < -0.39 is 11.4 Å². The van der Waals surface area contributed by atoms with Gasteiger partial charge in [0, 0.05) is 11.1 Å². The molecule has 1 aliphatic rings. The molecule has 0 aliphatic carbocycles. The van der Waals surface area contributed by atoms with Gasteiger partial charge in [-0.2, -0.15) is 0 Å². The van der Waals surface area contributed by atoms with E-state index in [0.717, 1.165) is 0 Å². The summed E-state index contributed by atoms with van der Waals surface area (Å²) in [6, 6.07) is 3.34. The number of benzene rings is 1. The second-order valence-electron chi connectivity index (χ2n) is 4.17. The Morgan fingerprint density at radius 1 is 1.27 bits per heavy atom. The van der Waals surface area contributed by atoms with E-state index in [2.05, 4.69) is 0 Å². The minimum Gasteiger partial charge on any atom is -0.486 e. The average molecular weight is 211 g/mol. The molecule has 82 valence electrons. The Morgan fingerprint density at radius 3 is 2.60 bits per heavy atom. The molecular weight excluding hydrogens is 197 g/mol. The molecule has 0 unspecified atom stereocenters. The Labute approximate surface area is 88.0 Å². The van der Waals surface area contributed by atoms with E-state index in [0.29, 0.717) is 24.5 Å². The maximum absolute atomic E-state index is 14.0. The monoisotopic (exact) mass is 211 g/mol. The molecule has 0 bridgehead atoms. The second-order valence-corrected chi connectivity index (χ2v) is 4.17. The van der Waals surface area contributed by atoms with Crippen molar-refractivity contribution in [3.8, 4) is 11.5 Å². The van der Waals surface area contributed by atoms with Crippen LogP contribution < -0.4 is 15.2 Å². The smallest absolute Gasteiger partial charge is 0.197 e. The lowest BCUT2D eigenvalue weighted by atomic mass is 9.94. The van der Waals surface area contributed by atoms with Crippen LogP contribution in [0.2, 0.25) is 0 Å². The minimum absolute atomic E-state index is 0.178. The molecule has 0 radical (unpaired) electrons. The van der Waals surface area contributed by atoms with E-state index in [1.165, 1.54) is 0 Å². The van der Waals surface area contributed by atoms with Crippen LogP contribution >= 0.6 is 0 Å². The fraction of sp³-hybridized carbons (Fsp3) is 0.455. The van der Waals surface area contributed by atoms with Crippen molar-refractivity contribution in [3.05, 3.63) is 23.5 Å². The van der Waals surface area contributed by atoms with Crippen molar-refractivity contribution in [2.45, 2.75) is 19.4 Å². The highest BCUT2D eigenvalue weighted by molar-refractivity contribution is 5.47. The zero-order chi connectivity index (χ0) is 11.1. The third-order valence-electron chi connectivity index (χ3n) is 2.34. The molecule has 1 aromatic rings. The van der Waals surface area contributed by atoms with Gasteiger partial charge in [0.2, 0.25) is 0 Å². The van der Waals surface area contributed by atoms with Gasteiger partial charge in [-0.1, -0.05) is 6.07 Å². The zero-order valence-electron chi connectivity index (χ0n) is 8.84. The van der Waals surface area contributed by atoms with Gasteiger partial charge in [-0.3, -0.25) is 0 Å². The Morgan fingerprint density at radius 2 is 1.93 bits per heavy atom. The maximum Gasteiger partial charge on any atom is 0.197 e. The van der Waals surface area contributed by atoms with Crippen molar-refractivity contribution in [2.75, 3.05) is 13.2 Å². The van der Waals surface area contributed by atoms with Crippen molar-refractivity contribution < 1.29 is 13.9 Å². The fourth-order valence-corrected chi connectivity index (χ4v) is 1.58. The highest BCUT2D eigenvalue weighted by atomic mass is 19.1. The number of nitrogens with two attached hydrogens (primary N) is 1. The minimum atomic E-state index is -0.722. The van der Waals surface area contributed by atoms with Gasteiger partial charge in [-0.15, -0.1) is 0 Å². The Bertz CT molecular complexity index is 385. The number of rotatable bonds is 1. The van der Waals surface area contributed by atoms with Crippen LogP contribution in [0.1, 0.15) is 19.4 Å². The van der Waals surface area contributed by atoms with Crippen LogP contribution in [0.3, 0.4) is 0 Å². The first-order valence-corrected chi connectivity index (χ1v) is 4.87.